The number of hydrogen-bond donors (Lipinski definition) is 0. The van der Waals surface area contributed by atoms with Gasteiger partial charge in [-0.05, 0) is 0 Å². The Hall–Kier alpha value is -2.25. The summed E-state index contributed by atoms with van der Waals surface area (Å²) < 4.78 is 11.3. The summed E-state index contributed by atoms with van der Waals surface area (Å²) in [5.74, 6) is 0.215. The summed E-state index contributed by atoms with van der Waals surface area (Å²) in [6.45, 7) is 28.6. The second-order valence-electron chi connectivity index (χ2n) is 20.2. The third kappa shape index (κ3) is 6.02. The summed E-state index contributed by atoms with van der Waals surface area (Å²) in [5, 5.41) is 1.49. The molecule has 4 aromatic carbocycles. The van der Waals surface area contributed by atoms with Crippen molar-refractivity contribution in [2.45, 2.75) is 100 Å². The molecule has 1 atom stereocenters. The minimum atomic E-state index is -5.23. The Morgan fingerprint density at radius 3 is 1.68 bits per heavy atom. The Labute approximate surface area is 360 Å². The summed E-state index contributed by atoms with van der Waals surface area (Å²) in [6.07, 6.45) is 8.39. The summed E-state index contributed by atoms with van der Waals surface area (Å²) in [7, 11) is 0. The van der Waals surface area contributed by atoms with Gasteiger partial charge in [-0.1, -0.05) is 0 Å². The third-order valence-electron chi connectivity index (χ3n) is 13.5. The molecular weight excluding hydrogens is 846 g/mol. The fraction of sp³-hybridized carbons (Fsp3) is 0.353. The van der Waals surface area contributed by atoms with Crippen molar-refractivity contribution in [2.75, 3.05) is 0 Å². The molecular formula is C51H58Cl4Zr. The molecule has 5 heteroatoms. The SMILES string of the molecule is Cl.Cl.[CH2]=[Zr]([C]1=CC(C)=CC1C)([C]1=C(C(C)(C)C)c2cc3c(cc2C1(C)C)Cc1cc2c(cc1-3)C(C(C)(C)C)=CC2(C)C)([c]1cccc(Cl)c1)[c]1cccc(Cl)c1. The van der Waals surface area contributed by atoms with Crippen LogP contribution in [0.2, 0.25) is 10.0 Å². The van der Waals surface area contributed by atoms with Gasteiger partial charge in [0.25, 0.3) is 0 Å². The molecule has 0 radical (unpaired) electrons. The molecule has 0 saturated carbocycles. The van der Waals surface area contributed by atoms with Gasteiger partial charge in [0.15, 0.2) is 0 Å². The van der Waals surface area contributed by atoms with E-state index in [2.05, 4.69) is 162 Å². The predicted molar refractivity (Wildman–Crippen MR) is 249 cm³/mol. The quantitative estimate of drug-likeness (QED) is 0.169. The standard InChI is InChI=1S/C31H37.C7H9.2C6H4Cl.CH2.2ClH.Zr/c1-28(2,3)26-16-30(7,8)24-12-18-11-19-13-25-23(15-21(19)20(18)14-22(24)26)27(29(4,5)6)17-31(25,9)10;1-6-3-4-7(2)5-6;2*7-6-4-2-1-3-5-6;;;;/h12-16H,11H2,1-10H3;3,5,7H,1-2H3;2*1-2,4-5H;1H2;2*1H;. The number of hydrogen-bond acceptors (Lipinski definition) is 0. The molecule has 0 aliphatic heterocycles. The van der Waals surface area contributed by atoms with Crippen molar-refractivity contribution in [2.24, 2.45) is 16.7 Å². The molecule has 0 nitrogen and oxygen atoms in total. The topological polar surface area (TPSA) is 0 Å². The summed E-state index contributed by atoms with van der Waals surface area (Å²) >= 11 is 8.84. The van der Waals surface area contributed by atoms with E-state index in [1.54, 1.807) is 0 Å². The Balaban J connectivity index is 0.00000266. The molecule has 8 rings (SSSR count). The van der Waals surface area contributed by atoms with Crippen LogP contribution in [0.25, 0.3) is 22.3 Å². The van der Waals surface area contributed by atoms with Crippen LogP contribution in [0.1, 0.15) is 116 Å². The molecule has 56 heavy (non-hydrogen) atoms. The van der Waals surface area contributed by atoms with Gasteiger partial charge in [-0.2, -0.15) is 0 Å². The van der Waals surface area contributed by atoms with E-state index < -0.39 is 18.3 Å². The monoisotopic (exact) mass is 900 g/mol. The first-order chi connectivity index (χ1) is 25.0. The fourth-order valence-corrected chi connectivity index (χ4v) is 31.8. The first kappa shape index (κ1) is 43.3. The first-order valence-electron chi connectivity index (χ1n) is 19.8. The second kappa shape index (κ2) is 13.6. The van der Waals surface area contributed by atoms with Crippen molar-refractivity contribution in [3.63, 3.8) is 0 Å². The van der Waals surface area contributed by atoms with Gasteiger partial charge in [-0.15, -0.1) is 24.8 Å². The van der Waals surface area contributed by atoms with Gasteiger partial charge in [0, 0.05) is 0 Å². The number of halogens is 4. The van der Waals surface area contributed by atoms with Crippen LogP contribution in [0, 0.1) is 16.7 Å². The van der Waals surface area contributed by atoms with Crippen LogP contribution >= 0.6 is 48.0 Å². The molecule has 4 aliphatic carbocycles. The van der Waals surface area contributed by atoms with Gasteiger partial charge >= 0.3 is 338 Å². The van der Waals surface area contributed by atoms with Crippen LogP contribution in [-0.2, 0) is 35.5 Å². The van der Waals surface area contributed by atoms with E-state index in [0.717, 1.165) is 16.5 Å². The van der Waals surface area contributed by atoms with Crippen molar-refractivity contribution < 1.29 is 18.3 Å². The van der Waals surface area contributed by atoms with Crippen LogP contribution in [0.15, 0.2) is 103 Å². The number of allylic oxidation sites excluding steroid dienone is 8. The molecule has 0 heterocycles. The predicted octanol–water partition coefficient (Wildman–Crippen LogP) is 14.4. The van der Waals surface area contributed by atoms with Gasteiger partial charge in [0.2, 0.25) is 0 Å². The molecule has 0 N–H and O–H groups in total. The molecule has 0 amide bonds. The number of rotatable bonds is 4. The average molecular weight is 904 g/mol. The van der Waals surface area contributed by atoms with Crippen LogP contribution in [-0.4, -0.2) is 4.21 Å². The van der Waals surface area contributed by atoms with Gasteiger partial charge in [0.05, 0.1) is 0 Å². The van der Waals surface area contributed by atoms with Crippen LogP contribution in [0.5, 0.6) is 0 Å². The average Bonchev–Trinajstić information content (AvgIpc) is 3.76. The van der Waals surface area contributed by atoms with E-state index in [9.17, 15) is 0 Å². The van der Waals surface area contributed by atoms with Gasteiger partial charge < -0.3 is 0 Å². The maximum atomic E-state index is 7.04. The minimum absolute atomic E-state index is 0. The zero-order chi connectivity index (χ0) is 39.2. The van der Waals surface area contributed by atoms with Crippen molar-refractivity contribution in [1.29, 1.82) is 0 Å². The molecule has 0 spiro atoms. The molecule has 0 saturated heterocycles. The normalized spacial score (nSPS) is 19.3. The van der Waals surface area contributed by atoms with E-state index >= 15 is 0 Å². The van der Waals surface area contributed by atoms with Gasteiger partial charge in [0.1, 0.15) is 0 Å². The zero-order valence-corrected chi connectivity index (χ0v) is 40.8. The molecule has 4 aromatic rings. The van der Waals surface area contributed by atoms with Crippen molar-refractivity contribution in [3.8, 4) is 11.1 Å². The van der Waals surface area contributed by atoms with Crippen LogP contribution < -0.4 is 6.54 Å². The fourth-order valence-electron chi connectivity index (χ4n) is 11.4. The van der Waals surface area contributed by atoms with Gasteiger partial charge in [-0.25, -0.2) is 0 Å². The molecule has 0 fully saturated rings. The van der Waals surface area contributed by atoms with Crippen molar-refractivity contribution in [3.05, 3.63) is 147 Å². The second-order valence-corrected chi connectivity index (χ2v) is 33.7. The molecule has 294 valence electrons. The van der Waals surface area contributed by atoms with Crippen molar-refractivity contribution >= 4 is 69.9 Å². The van der Waals surface area contributed by atoms with Crippen molar-refractivity contribution in [1.82, 2.24) is 0 Å². The van der Waals surface area contributed by atoms with Crippen LogP contribution in [0.4, 0.5) is 0 Å². The molecule has 0 bridgehead atoms. The first-order valence-corrected chi connectivity index (χ1v) is 27.2. The summed E-state index contributed by atoms with van der Waals surface area (Å²) in [4.78, 5) is 0. The molecule has 4 aliphatic rings. The Bertz CT molecular complexity index is 2490. The third-order valence-corrected chi connectivity index (χ3v) is 31.3. The van der Waals surface area contributed by atoms with Crippen LogP contribution in [0.3, 0.4) is 0 Å². The summed E-state index contributed by atoms with van der Waals surface area (Å²) in [5.41, 5.74) is 15.1. The summed E-state index contributed by atoms with van der Waals surface area (Å²) in [6, 6.07) is 27.7. The Morgan fingerprint density at radius 1 is 0.696 bits per heavy atom. The van der Waals surface area contributed by atoms with E-state index in [1.165, 1.54) is 74.3 Å². The molecule has 1 unspecified atom stereocenters. The van der Waals surface area contributed by atoms with Gasteiger partial charge in [-0.3, -0.25) is 0 Å². The maximum absolute atomic E-state index is 7.04. The van der Waals surface area contributed by atoms with E-state index in [-0.39, 0.29) is 52.4 Å². The van der Waals surface area contributed by atoms with E-state index in [4.69, 9.17) is 27.4 Å². The van der Waals surface area contributed by atoms with E-state index in [0.29, 0.717) is 0 Å². The molecule has 0 aromatic heterocycles. The number of benzene rings is 4. The zero-order valence-electron chi connectivity index (χ0n) is 35.2. The Kier molecular flexibility index (Phi) is 10.6. The Morgan fingerprint density at radius 2 is 1.21 bits per heavy atom. The van der Waals surface area contributed by atoms with E-state index in [1.807, 2.05) is 12.1 Å². The number of fused-ring (bicyclic) bond motifs is 5.